The minimum absolute atomic E-state index is 0.00577. The van der Waals surface area contributed by atoms with Crippen molar-refractivity contribution in [3.63, 3.8) is 0 Å². The van der Waals surface area contributed by atoms with E-state index in [1.165, 1.54) is 0 Å². The minimum atomic E-state index is -0.127. The quantitative estimate of drug-likeness (QED) is 0.886. The maximum Gasteiger partial charge on any atom is 0.233 e. The molecule has 0 saturated carbocycles. The average molecular weight is 332 g/mol. The van der Waals surface area contributed by atoms with Gasteiger partial charge in [0.1, 0.15) is 5.82 Å². The molecule has 3 rings (SSSR count). The maximum absolute atomic E-state index is 12.4. The number of hydrogen-bond donors (Lipinski definition) is 2. The van der Waals surface area contributed by atoms with Crippen molar-refractivity contribution >= 4 is 33.3 Å². The van der Waals surface area contributed by atoms with Crippen LogP contribution in [0.15, 0.2) is 47.1 Å². The number of benzene rings is 1. The van der Waals surface area contributed by atoms with Crippen molar-refractivity contribution in [2.45, 2.75) is 12.3 Å². The fourth-order valence-electron chi connectivity index (χ4n) is 2.40. The summed E-state index contributed by atoms with van der Waals surface area (Å²) < 4.78 is 0.891. The van der Waals surface area contributed by atoms with Gasteiger partial charge >= 0.3 is 0 Å². The van der Waals surface area contributed by atoms with Crippen LogP contribution in [0.1, 0.15) is 17.9 Å². The molecule has 1 unspecified atom stereocenters. The van der Waals surface area contributed by atoms with Crippen molar-refractivity contribution < 1.29 is 4.79 Å². The standard InChI is InChI=1S/C15H14BrN3O/c16-10-5-6-14(18-9-10)19-15(20)12-7-8-17-13-4-2-1-3-11(12)13/h1-6,9,12,17H,7-8H2,(H,18,19,20). The van der Waals surface area contributed by atoms with Gasteiger partial charge in [-0.15, -0.1) is 0 Å². The second kappa shape index (κ2) is 5.63. The van der Waals surface area contributed by atoms with Crippen molar-refractivity contribution in [3.05, 3.63) is 52.6 Å². The zero-order valence-electron chi connectivity index (χ0n) is 10.8. The molecule has 2 N–H and O–H groups in total. The normalized spacial score (nSPS) is 16.9. The van der Waals surface area contributed by atoms with E-state index in [4.69, 9.17) is 0 Å². The van der Waals surface area contributed by atoms with E-state index in [1.54, 1.807) is 12.3 Å². The molecule has 0 fully saturated rings. The van der Waals surface area contributed by atoms with E-state index in [0.29, 0.717) is 5.82 Å². The molecule has 5 heteroatoms. The Bertz CT molecular complexity index is 627. The molecule has 4 nitrogen and oxygen atoms in total. The first kappa shape index (κ1) is 13.1. The second-order valence-electron chi connectivity index (χ2n) is 4.71. The van der Waals surface area contributed by atoms with Crippen LogP contribution >= 0.6 is 15.9 Å². The van der Waals surface area contributed by atoms with Gasteiger partial charge in [-0.3, -0.25) is 4.79 Å². The molecule has 1 aromatic heterocycles. The molecular weight excluding hydrogens is 318 g/mol. The molecule has 2 aromatic rings. The van der Waals surface area contributed by atoms with Gasteiger partial charge in [0.25, 0.3) is 0 Å². The summed E-state index contributed by atoms with van der Waals surface area (Å²) in [5.41, 5.74) is 2.09. The lowest BCUT2D eigenvalue weighted by molar-refractivity contribution is -0.117. The summed E-state index contributed by atoms with van der Waals surface area (Å²) in [7, 11) is 0. The Labute approximate surface area is 125 Å². The van der Waals surface area contributed by atoms with E-state index < -0.39 is 0 Å². The lowest BCUT2D eigenvalue weighted by atomic mass is 9.90. The lowest BCUT2D eigenvalue weighted by Gasteiger charge is -2.25. The molecule has 1 amide bonds. The summed E-state index contributed by atoms with van der Waals surface area (Å²) in [5, 5.41) is 6.20. The van der Waals surface area contributed by atoms with Crippen LogP contribution in [0.4, 0.5) is 11.5 Å². The molecule has 1 aliphatic heterocycles. The summed E-state index contributed by atoms with van der Waals surface area (Å²) >= 11 is 3.33. The molecule has 0 bridgehead atoms. The topological polar surface area (TPSA) is 54.0 Å². The van der Waals surface area contributed by atoms with Crippen LogP contribution < -0.4 is 10.6 Å². The number of carbonyl (C=O) groups excluding carboxylic acids is 1. The van der Waals surface area contributed by atoms with E-state index in [1.807, 2.05) is 30.3 Å². The number of para-hydroxylation sites is 1. The van der Waals surface area contributed by atoms with Gasteiger partial charge in [-0.25, -0.2) is 4.98 Å². The maximum atomic E-state index is 12.4. The molecule has 0 saturated heterocycles. The van der Waals surface area contributed by atoms with Gasteiger partial charge in [0.15, 0.2) is 0 Å². The number of anilines is 2. The number of hydrogen-bond acceptors (Lipinski definition) is 3. The Hall–Kier alpha value is -1.88. The van der Waals surface area contributed by atoms with Crippen molar-refractivity contribution in [3.8, 4) is 0 Å². The minimum Gasteiger partial charge on any atom is -0.385 e. The third-order valence-corrected chi connectivity index (χ3v) is 3.85. The molecule has 1 atom stereocenters. The molecule has 0 aliphatic carbocycles. The van der Waals surface area contributed by atoms with Gasteiger partial charge in [-0.05, 0) is 46.1 Å². The second-order valence-corrected chi connectivity index (χ2v) is 5.62. The summed E-state index contributed by atoms with van der Waals surface area (Å²) in [6.45, 7) is 0.808. The van der Waals surface area contributed by atoms with Gasteiger partial charge in [0.2, 0.25) is 5.91 Å². The van der Waals surface area contributed by atoms with Crippen molar-refractivity contribution in [2.75, 3.05) is 17.2 Å². The molecule has 0 radical (unpaired) electrons. The smallest absolute Gasteiger partial charge is 0.233 e. The lowest BCUT2D eigenvalue weighted by Crippen LogP contribution is -2.27. The number of nitrogens with one attached hydrogen (secondary N) is 2. The number of pyridine rings is 1. The largest absolute Gasteiger partial charge is 0.385 e. The first-order valence-electron chi connectivity index (χ1n) is 6.49. The third-order valence-electron chi connectivity index (χ3n) is 3.38. The summed E-state index contributed by atoms with van der Waals surface area (Å²) in [4.78, 5) is 16.6. The number of aromatic nitrogens is 1. The average Bonchev–Trinajstić information content (AvgIpc) is 2.49. The summed E-state index contributed by atoms with van der Waals surface area (Å²) in [6.07, 6.45) is 2.46. The first-order chi connectivity index (χ1) is 9.74. The monoisotopic (exact) mass is 331 g/mol. The fourth-order valence-corrected chi connectivity index (χ4v) is 2.64. The SMILES string of the molecule is O=C(Nc1ccc(Br)cn1)C1CCNc2ccccc21. The van der Waals surface area contributed by atoms with E-state index >= 15 is 0 Å². The highest BCUT2D eigenvalue weighted by atomic mass is 79.9. The first-order valence-corrected chi connectivity index (χ1v) is 7.28. The van der Waals surface area contributed by atoms with Crippen LogP contribution in [-0.2, 0) is 4.79 Å². The highest BCUT2D eigenvalue weighted by molar-refractivity contribution is 9.10. The Morgan fingerprint density at radius 1 is 1.30 bits per heavy atom. The van der Waals surface area contributed by atoms with Gasteiger partial charge in [0.05, 0.1) is 5.92 Å². The van der Waals surface area contributed by atoms with Crippen LogP contribution in [0.2, 0.25) is 0 Å². The van der Waals surface area contributed by atoms with Crippen LogP contribution in [-0.4, -0.2) is 17.4 Å². The third kappa shape index (κ3) is 2.67. The highest BCUT2D eigenvalue weighted by Crippen LogP contribution is 2.32. The Balaban J connectivity index is 1.80. The molecule has 0 spiro atoms. The van der Waals surface area contributed by atoms with Crippen molar-refractivity contribution in [2.24, 2.45) is 0 Å². The van der Waals surface area contributed by atoms with Crippen LogP contribution in [0, 0.1) is 0 Å². The van der Waals surface area contributed by atoms with Gasteiger partial charge in [-0.1, -0.05) is 18.2 Å². The van der Waals surface area contributed by atoms with Gasteiger partial charge < -0.3 is 10.6 Å². The van der Waals surface area contributed by atoms with Gasteiger partial charge in [0, 0.05) is 22.9 Å². The molecule has 102 valence electrons. The number of fused-ring (bicyclic) bond motifs is 1. The zero-order chi connectivity index (χ0) is 13.9. The number of carbonyl (C=O) groups is 1. The number of halogens is 1. The Morgan fingerprint density at radius 2 is 2.15 bits per heavy atom. The van der Waals surface area contributed by atoms with Crippen LogP contribution in [0.3, 0.4) is 0 Å². The van der Waals surface area contributed by atoms with Crippen molar-refractivity contribution in [1.82, 2.24) is 4.98 Å². The van der Waals surface area contributed by atoms with E-state index in [9.17, 15) is 4.79 Å². The number of amides is 1. The predicted molar refractivity (Wildman–Crippen MR) is 82.9 cm³/mol. The van der Waals surface area contributed by atoms with Crippen LogP contribution in [0.25, 0.3) is 0 Å². The van der Waals surface area contributed by atoms with E-state index in [-0.39, 0.29) is 11.8 Å². The van der Waals surface area contributed by atoms with E-state index in [2.05, 4.69) is 31.5 Å². The fraction of sp³-hybridized carbons (Fsp3) is 0.200. The molecular formula is C15H14BrN3O. The molecule has 20 heavy (non-hydrogen) atoms. The summed E-state index contributed by atoms with van der Waals surface area (Å²) in [5.74, 6) is 0.445. The van der Waals surface area contributed by atoms with Crippen molar-refractivity contribution in [1.29, 1.82) is 0 Å². The van der Waals surface area contributed by atoms with Gasteiger partial charge in [-0.2, -0.15) is 0 Å². The zero-order valence-corrected chi connectivity index (χ0v) is 12.4. The van der Waals surface area contributed by atoms with E-state index in [0.717, 1.165) is 28.7 Å². The molecule has 1 aliphatic rings. The highest BCUT2D eigenvalue weighted by Gasteiger charge is 2.26. The number of rotatable bonds is 2. The van der Waals surface area contributed by atoms with Crippen LogP contribution in [0.5, 0.6) is 0 Å². The molecule has 2 heterocycles. The molecule has 1 aromatic carbocycles. The summed E-state index contributed by atoms with van der Waals surface area (Å²) in [6, 6.07) is 11.6. The Morgan fingerprint density at radius 3 is 2.95 bits per heavy atom. The Kier molecular flexibility index (Phi) is 3.69. The number of nitrogens with zero attached hydrogens (tertiary/aromatic N) is 1. The predicted octanol–water partition coefficient (Wildman–Crippen LogP) is 3.38.